The van der Waals surface area contributed by atoms with Crippen LogP contribution in [0.2, 0.25) is 12.1 Å². The predicted molar refractivity (Wildman–Crippen MR) is 138 cm³/mol. The Morgan fingerprint density at radius 1 is 0.788 bits per heavy atom. The summed E-state index contributed by atoms with van der Waals surface area (Å²) in [4.78, 5) is 0. The first-order chi connectivity index (χ1) is 16.1. The molecule has 0 unspecified atom stereocenters. The Morgan fingerprint density at radius 3 is 2.15 bits per heavy atom. The molecule has 1 fully saturated rings. The van der Waals surface area contributed by atoms with E-state index in [0.717, 1.165) is 22.6 Å². The Morgan fingerprint density at radius 2 is 1.48 bits per heavy atom. The van der Waals surface area contributed by atoms with E-state index in [4.69, 9.17) is 0 Å². The molecule has 0 amide bonds. The third kappa shape index (κ3) is 6.63. The minimum Gasteiger partial charge on any atom is -0.207 e. The van der Waals surface area contributed by atoms with Gasteiger partial charge in [-0.2, -0.15) is 0 Å². The molecule has 0 bridgehead atoms. The second-order valence-electron chi connectivity index (χ2n) is 9.55. The molecule has 0 N–H and O–H groups in total. The number of aryl methyl sites for hydroxylation is 2. The van der Waals surface area contributed by atoms with Crippen molar-refractivity contribution in [3.63, 3.8) is 0 Å². The molecular formula is C30H35F2Si. The molecule has 33 heavy (non-hydrogen) atoms. The van der Waals surface area contributed by atoms with Crippen molar-refractivity contribution in [1.82, 2.24) is 0 Å². The highest BCUT2D eigenvalue weighted by atomic mass is 28.3. The van der Waals surface area contributed by atoms with E-state index < -0.39 is 8.80 Å². The van der Waals surface area contributed by atoms with E-state index in [1.807, 2.05) is 12.1 Å². The molecule has 3 heteroatoms. The third-order valence-corrected chi connectivity index (χ3v) is 10.1. The van der Waals surface area contributed by atoms with Crippen molar-refractivity contribution in [3.8, 4) is 11.1 Å². The maximum atomic E-state index is 14.8. The lowest BCUT2D eigenvalue weighted by molar-refractivity contribution is 0.418. The zero-order chi connectivity index (χ0) is 23.0. The Kier molecular flexibility index (Phi) is 8.50. The van der Waals surface area contributed by atoms with Crippen LogP contribution in [0.15, 0.2) is 66.7 Å². The third-order valence-electron chi connectivity index (χ3n) is 7.20. The lowest BCUT2D eigenvalue weighted by atomic mass is 9.96. The fourth-order valence-electron chi connectivity index (χ4n) is 5.04. The molecule has 173 valence electrons. The molecule has 1 saturated heterocycles. The summed E-state index contributed by atoms with van der Waals surface area (Å²) >= 11 is 0. The molecule has 0 saturated carbocycles. The number of rotatable bonds is 9. The van der Waals surface area contributed by atoms with Crippen molar-refractivity contribution in [1.29, 1.82) is 0 Å². The second kappa shape index (κ2) is 11.7. The van der Waals surface area contributed by atoms with E-state index in [1.54, 1.807) is 18.2 Å². The summed E-state index contributed by atoms with van der Waals surface area (Å²) in [5.41, 5.74) is 3.74. The van der Waals surface area contributed by atoms with Crippen molar-refractivity contribution < 1.29 is 8.78 Å². The topological polar surface area (TPSA) is 0 Å². The molecule has 0 aromatic heterocycles. The van der Waals surface area contributed by atoms with Crippen molar-refractivity contribution >= 4 is 14.0 Å². The van der Waals surface area contributed by atoms with E-state index in [2.05, 4.69) is 31.2 Å². The molecule has 3 aromatic rings. The van der Waals surface area contributed by atoms with Gasteiger partial charge in [0.2, 0.25) is 0 Å². The maximum absolute atomic E-state index is 14.8. The van der Waals surface area contributed by atoms with Gasteiger partial charge in [-0.1, -0.05) is 111 Å². The molecular weight excluding hydrogens is 426 g/mol. The molecule has 1 aliphatic heterocycles. The lowest BCUT2D eigenvalue weighted by Crippen LogP contribution is -2.33. The van der Waals surface area contributed by atoms with Crippen LogP contribution < -0.4 is 5.19 Å². The van der Waals surface area contributed by atoms with Crippen molar-refractivity contribution in [2.24, 2.45) is 5.92 Å². The summed E-state index contributed by atoms with van der Waals surface area (Å²) in [6, 6.07) is 23.8. The fraction of sp³-hybridized carbons (Fsp3) is 0.400. The van der Waals surface area contributed by atoms with E-state index >= 15 is 0 Å². The molecule has 0 spiro atoms. The minimum absolute atomic E-state index is 0.160. The van der Waals surface area contributed by atoms with Crippen molar-refractivity contribution in [2.45, 2.75) is 70.4 Å². The van der Waals surface area contributed by atoms with Gasteiger partial charge in [0.05, 0.1) is 8.80 Å². The standard InChI is InChI=1S/C30H35F2Si/c1-2-3-4-5-23-18-20-33(21-19-23)29-16-12-25(13-17-29)27-11-10-26(30(32)22-27)9-6-24-7-14-28(31)15-8-24/h7-8,10-17,22-23H,2-6,9,18-21H2,1H3. The summed E-state index contributed by atoms with van der Waals surface area (Å²) < 4.78 is 27.8. The predicted octanol–water partition coefficient (Wildman–Crippen LogP) is 8.11. The van der Waals surface area contributed by atoms with Gasteiger partial charge in [-0.3, -0.25) is 0 Å². The van der Waals surface area contributed by atoms with Gasteiger partial charge < -0.3 is 0 Å². The molecule has 1 radical (unpaired) electrons. The summed E-state index contributed by atoms with van der Waals surface area (Å²) in [5, 5.41) is 1.53. The first kappa shape index (κ1) is 23.9. The van der Waals surface area contributed by atoms with Crippen LogP contribution in [0.25, 0.3) is 11.1 Å². The molecule has 0 aliphatic carbocycles. The van der Waals surface area contributed by atoms with Gasteiger partial charge in [0, 0.05) is 0 Å². The van der Waals surface area contributed by atoms with Crippen LogP contribution in [0.4, 0.5) is 8.78 Å². The maximum Gasteiger partial charge on any atom is 0.127 e. The van der Waals surface area contributed by atoms with Crippen LogP contribution >= 0.6 is 0 Å². The second-order valence-corrected chi connectivity index (χ2v) is 12.3. The molecule has 4 rings (SSSR count). The van der Waals surface area contributed by atoms with E-state index in [1.165, 1.54) is 67.9 Å². The summed E-state index contributed by atoms with van der Waals surface area (Å²) in [7, 11) is -0.434. The number of hydrogen-bond donors (Lipinski definition) is 0. The van der Waals surface area contributed by atoms with Crippen LogP contribution in [0, 0.1) is 17.6 Å². The number of halogens is 2. The fourth-order valence-corrected chi connectivity index (χ4v) is 8.02. The highest BCUT2D eigenvalue weighted by Gasteiger charge is 2.23. The molecule has 0 atom stereocenters. The van der Waals surface area contributed by atoms with E-state index in [-0.39, 0.29) is 11.6 Å². The number of hydrogen-bond acceptors (Lipinski definition) is 0. The molecule has 3 aromatic carbocycles. The first-order valence-electron chi connectivity index (χ1n) is 12.6. The van der Waals surface area contributed by atoms with Crippen LogP contribution in [0.3, 0.4) is 0 Å². The quantitative estimate of drug-likeness (QED) is 0.223. The summed E-state index contributed by atoms with van der Waals surface area (Å²) in [6.07, 6.45) is 9.65. The lowest BCUT2D eigenvalue weighted by Gasteiger charge is -2.27. The first-order valence-corrected chi connectivity index (χ1v) is 14.5. The minimum atomic E-state index is -0.434. The largest absolute Gasteiger partial charge is 0.207 e. The Balaban J connectivity index is 1.33. The van der Waals surface area contributed by atoms with Crippen molar-refractivity contribution in [2.75, 3.05) is 0 Å². The average Bonchev–Trinajstić information content (AvgIpc) is 2.85. The molecule has 0 nitrogen and oxygen atoms in total. The molecule has 1 heterocycles. The van der Waals surface area contributed by atoms with Gasteiger partial charge in [-0.25, -0.2) is 8.78 Å². The zero-order valence-electron chi connectivity index (χ0n) is 19.8. The monoisotopic (exact) mass is 461 g/mol. The number of unbranched alkanes of at least 4 members (excludes halogenated alkanes) is 2. The average molecular weight is 462 g/mol. The highest BCUT2D eigenvalue weighted by molar-refractivity contribution is 6.73. The van der Waals surface area contributed by atoms with Gasteiger partial charge in [0.15, 0.2) is 0 Å². The summed E-state index contributed by atoms with van der Waals surface area (Å²) in [5.74, 6) is 0.554. The van der Waals surface area contributed by atoms with Crippen LogP contribution in [-0.4, -0.2) is 8.80 Å². The van der Waals surface area contributed by atoms with Crippen LogP contribution in [-0.2, 0) is 12.8 Å². The van der Waals surface area contributed by atoms with Gasteiger partial charge in [-0.05, 0) is 59.2 Å². The van der Waals surface area contributed by atoms with Crippen LogP contribution in [0.5, 0.6) is 0 Å². The van der Waals surface area contributed by atoms with Gasteiger partial charge in [0.1, 0.15) is 11.6 Å². The Labute approximate surface area is 199 Å². The van der Waals surface area contributed by atoms with Crippen LogP contribution in [0.1, 0.15) is 56.6 Å². The van der Waals surface area contributed by atoms with Gasteiger partial charge in [0.25, 0.3) is 0 Å². The highest BCUT2D eigenvalue weighted by Crippen LogP contribution is 2.30. The Bertz CT molecular complexity index is 1000. The normalized spacial score (nSPS) is 15.1. The SMILES string of the molecule is CCCCCC1CC[Si](c2ccc(-c3ccc(CCc4ccc(F)cc4)c(F)c3)cc2)CC1. The Hall–Kier alpha value is -2.26. The molecule has 1 aliphatic rings. The van der Waals surface area contributed by atoms with Gasteiger partial charge in [-0.15, -0.1) is 0 Å². The van der Waals surface area contributed by atoms with E-state index in [0.29, 0.717) is 18.4 Å². The smallest absolute Gasteiger partial charge is 0.127 e. The van der Waals surface area contributed by atoms with E-state index in [9.17, 15) is 8.78 Å². The zero-order valence-corrected chi connectivity index (χ0v) is 20.8. The number of benzene rings is 3. The summed E-state index contributed by atoms with van der Waals surface area (Å²) in [6.45, 7) is 2.28. The van der Waals surface area contributed by atoms with Crippen molar-refractivity contribution in [3.05, 3.63) is 89.5 Å². The van der Waals surface area contributed by atoms with Gasteiger partial charge >= 0.3 is 0 Å².